The molecule has 2 aromatic carbocycles. The van der Waals surface area contributed by atoms with Crippen LogP contribution in [0, 0.1) is 5.92 Å². The van der Waals surface area contributed by atoms with Crippen molar-refractivity contribution in [3.8, 4) is 11.1 Å². The molecule has 2 atom stereocenters. The Labute approximate surface area is 196 Å². The van der Waals surface area contributed by atoms with Crippen LogP contribution in [0.1, 0.15) is 52.5 Å². The number of esters is 2. The Balaban J connectivity index is 2.06. The number of nitrogens with one attached hydrogen (secondary N) is 1. The van der Waals surface area contributed by atoms with E-state index < -0.39 is 5.97 Å². The van der Waals surface area contributed by atoms with Crippen LogP contribution < -0.4 is 5.32 Å². The van der Waals surface area contributed by atoms with Gasteiger partial charge in [0.2, 0.25) is 5.91 Å². The zero-order valence-electron chi connectivity index (χ0n) is 20.0. The number of hydrogen-bond donors (Lipinski definition) is 1. The van der Waals surface area contributed by atoms with E-state index in [1.807, 2.05) is 44.2 Å². The molecule has 0 radical (unpaired) electrons. The SMILES string of the molecule is CCOC(=O)CCC(=O)N[C@H](Cc1ccc(-c2ccccc2)cc1)C[C@@H](C)C(=O)OC(C)C. The van der Waals surface area contributed by atoms with Crippen LogP contribution in [0.25, 0.3) is 11.1 Å². The summed E-state index contributed by atoms with van der Waals surface area (Å²) < 4.78 is 10.2. The highest BCUT2D eigenvalue weighted by atomic mass is 16.5. The first-order valence-electron chi connectivity index (χ1n) is 11.6. The minimum Gasteiger partial charge on any atom is -0.466 e. The summed E-state index contributed by atoms with van der Waals surface area (Å²) in [4.78, 5) is 36.4. The van der Waals surface area contributed by atoms with Gasteiger partial charge >= 0.3 is 11.9 Å². The number of carbonyl (C=O) groups excluding carboxylic acids is 3. The fourth-order valence-electron chi connectivity index (χ4n) is 3.56. The molecule has 1 N–H and O–H groups in total. The van der Waals surface area contributed by atoms with Crippen molar-refractivity contribution in [3.05, 3.63) is 60.2 Å². The first-order chi connectivity index (χ1) is 15.8. The molecule has 33 heavy (non-hydrogen) atoms. The van der Waals surface area contributed by atoms with Crippen molar-refractivity contribution in [2.75, 3.05) is 6.61 Å². The van der Waals surface area contributed by atoms with Crippen LogP contribution in [0.2, 0.25) is 0 Å². The number of hydrogen-bond acceptors (Lipinski definition) is 5. The van der Waals surface area contributed by atoms with Gasteiger partial charge in [0.25, 0.3) is 0 Å². The van der Waals surface area contributed by atoms with Gasteiger partial charge in [-0.25, -0.2) is 0 Å². The van der Waals surface area contributed by atoms with Gasteiger partial charge < -0.3 is 14.8 Å². The maximum absolute atomic E-state index is 12.5. The van der Waals surface area contributed by atoms with E-state index >= 15 is 0 Å². The molecule has 0 saturated heterocycles. The molecule has 0 spiro atoms. The summed E-state index contributed by atoms with van der Waals surface area (Å²) in [7, 11) is 0. The first-order valence-corrected chi connectivity index (χ1v) is 11.6. The van der Waals surface area contributed by atoms with Crippen molar-refractivity contribution in [1.29, 1.82) is 0 Å². The van der Waals surface area contributed by atoms with Crippen LogP contribution >= 0.6 is 0 Å². The topological polar surface area (TPSA) is 81.7 Å². The molecule has 0 unspecified atom stereocenters. The lowest BCUT2D eigenvalue weighted by molar-refractivity contribution is -0.152. The minimum absolute atomic E-state index is 0.0309. The molecule has 0 fully saturated rings. The zero-order chi connectivity index (χ0) is 24.2. The van der Waals surface area contributed by atoms with E-state index in [1.54, 1.807) is 13.8 Å². The van der Waals surface area contributed by atoms with Crippen molar-refractivity contribution < 1.29 is 23.9 Å². The molecule has 2 aromatic rings. The predicted molar refractivity (Wildman–Crippen MR) is 128 cm³/mol. The molecule has 0 bridgehead atoms. The highest BCUT2D eigenvalue weighted by Gasteiger charge is 2.23. The number of amides is 1. The van der Waals surface area contributed by atoms with Crippen LogP contribution in [0.3, 0.4) is 0 Å². The number of benzene rings is 2. The smallest absolute Gasteiger partial charge is 0.308 e. The molecule has 1 amide bonds. The van der Waals surface area contributed by atoms with Crippen molar-refractivity contribution in [1.82, 2.24) is 5.32 Å². The Morgan fingerprint density at radius 3 is 2.12 bits per heavy atom. The molecular formula is C27H35NO5. The standard InChI is InChI=1S/C27H35NO5/c1-5-32-26(30)16-15-25(29)28-24(17-20(4)27(31)33-19(2)3)18-21-11-13-23(14-12-21)22-9-7-6-8-10-22/h6-14,19-20,24H,5,15-18H2,1-4H3,(H,28,29)/t20-,24+/m1/s1. The van der Waals surface area contributed by atoms with E-state index in [-0.39, 0.29) is 49.4 Å². The molecule has 0 saturated carbocycles. The van der Waals surface area contributed by atoms with Crippen LogP contribution in [-0.2, 0) is 30.3 Å². The highest BCUT2D eigenvalue weighted by molar-refractivity contribution is 5.81. The molecule has 0 aromatic heterocycles. The third kappa shape index (κ3) is 9.48. The van der Waals surface area contributed by atoms with Crippen molar-refractivity contribution in [2.24, 2.45) is 5.92 Å². The number of carbonyl (C=O) groups is 3. The van der Waals surface area contributed by atoms with E-state index in [1.165, 1.54) is 0 Å². The summed E-state index contributed by atoms with van der Waals surface area (Å²) in [5.41, 5.74) is 3.30. The molecule has 0 heterocycles. The van der Waals surface area contributed by atoms with Gasteiger partial charge in [-0.3, -0.25) is 14.4 Å². The summed E-state index contributed by atoms with van der Waals surface area (Å²) in [6.07, 6.45) is 0.899. The summed E-state index contributed by atoms with van der Waals surface area (Å²) >= 11 is 0. The molecular weight excluding hydrogens is 418 g/mol. The van der Waals surface area contributed by atoms with E-state index in [9.17, 15) is 14.4 Å². The second kappa shape index (κ2) is 13.4. The van der Waals surface area contributed by atoms with Crippen molar-refractivity contribution in [3.63, 3.8) is 0 Å². The molecule has 0 aliphatic heterocycles. The quantitative estimate of drug-likeness (QED) is 0.471. The summed E-state index contributed by atoms with van der Waals surface area (Å²) in [5, 5.41) is 2.99. The summed E-state index contributed by atoms with van der Waals surface area (Å²) in [6.45, 7) is 7.45. The van der Waals surface area contributed by atoms with Gasteiger partial charge in [0, 0.05) is 12.5 Å². The fraction of sp³-hybridized carbons (Fsp3) is 0.444. The van der Waals surface area contributed by atoms with E-state index in [2.05, 4.69) is 29.6 Å². The lowest BCUT2D eigenvalue weighted by Crippen LogP contribution is -2.39. The Kier molecular flexibility index (Phi) is 10.6. The number of rotatable bonds is 12. The van der Waals surface area contributed by atoms with Gasteiger partial charge in [-0.15, -0.1) is 0 Å². The van der Waals surface area contributed by atoms with Crippen molar-refractivity contribution >= 4 is 17.8 Å². The second-order valence-corrected chi connectivity index (χ2v) is 8.46. The third-order valence-corrected chi connectivity index (χ3v) is 5.16. The van der Waals surface area contributed by atoms with Crippen LogP contribution in [0.5, 0.6) is 0 Å². The minimum atomic E-state index is -0.394. The monoisotopic (exact) mass is 453 g/mol. The Morgan fingerprint density at radius 2 is 1.52 bits per heavy atom. The molecule has 6 heteroatoms. The second-order valence-electron chi connectivity index (χ2n) is 8.46. The van der Waals surface area contributed by atoms with Crippen LogP contribution in [0.4, 0.5) is 0 Å². The van der Waals surface area contributed by atoms with Crippen LogP contribution in [0.15, 0.2) is 54.6 Å². The lowest BCUT2D eigenvalue weighted by Gasteiger charge is -2.23. The average molecular weight is 454 g/mol. The lowest BCUT2D eigenvalue weighted by atomic mass is 9.94. The maximum Gasteiger partial charge on any atom is 0.308 e. The zero-order valence-corrected chi connectivity index (χ0v) is 20.0. The van der Waals surface area contributed by atoms with E-state index in [4.69, 9.17) is 9.47 Å². The molecule has 0 aliphatic rings. The summed E-state index contributed by atoms with van der Waals surface area (Å²) in [6, 6.07) is 18.0. The van der Waals surface area contributed by atoms with Gasteiger partial charge in [-0.1, -0.05) is 61.5 Å². The van der Waals surface area contributed by atoms with E-state index in [0.29, 0.717) is 12.8 Å². The number of ether oxygens (including phenoxy) is 2. The Hall–Kier alpha value is -3.15. The van der Waals surface area contributed by atoms with E-state index in [0.717, 1.165) is 16.7 Å². The third-order valence-electron chi connectivity index (χ3n) is 5.16. The summed E-state index contributed by atoms with van der Waals surface area (Å²) in [5.74, 6) is -1.28. The van der Waals surface area contributed by atoms with Gasteiger partial charge in [-0.2, -0.15) is 0 Å². The maximum atomic E-state index is 12.5. The van der Waals surface area contributed by atoms with Gasteiger partial charge in [0.05, 0.1) is 25.0 Å². The predicted octanol–water partition coefficient (Wildman–Crippen LogP) is 4.70. The molecule has 2 rings (SSSR count). The first kappa shape index (κ1) is 26.1. The fourth-order valence-corrected chi connectivity index (χ4v) is 3.56. The normalized spacial score (nSPS) is 12.6. The van der Waals surface area contributed by atoms with Gasteiger partial charge in [0.1, 0.15) is 0 Å². The van der Waals surface area contributed by atoms with Crippen LogP contribution in [-0.4, -0.2) is 36.6 Å². The largest absolute Gasteiger partial charge is 0.466 e. The molecule has 0 aliphatic carbocycles. The Bertz CT molecular complexity index is 892. The molecule has 178 valence electrons. The van der Waals surface area contributed by atoms with Gasteiger partial charge in [0.15, 0.2) is 0 Å². The van der Waals surface area contributed by atoms with Crippen molar-refractivity contribution in [2.45, 2.75) is 65.5 Å². The molecule has 6 nitrogen and oxygen atoms in total. The Morgan fingerprint density at radius 1 is 0.879 bits per heavy atom. The average Bonchev–Trinajstić information content (AvgIpc) is 2.78. The van der Waals surface area contributed by atoms with Gasteiger partial charge in [-0.05, 0) is 50.3 Å². The highest BCUT2D eigenvalue weighted by Crippen LogP contribution is 2.21.